The Morgan fingerprint density at radius 3 is 2.46 bits per heavy atom. The Hall–Kier alpha value is -0.850. The second kappa shape index (κ2) is 4.40. The molecule has 1 nitrogen and oxygen atoms in total. The largest absolute Gasteiger partial charge is 0.265 e. The Kier molecular flexibility index (Phi) is 2.96. The molecule has 1 aromatic rings. The first-order valence-corrected chi connectivity index (χ1v) is 5.34. The summed E-state index contributed by atoms with van der Waals surface area (Å²) in [5.74, 6) is 0.941. The lowest BCUT2D eigenvalue weighted by atomic mass is 9.85. The highest BCUT2D eigenvalue weighted by Crippen LogP contribution is 2.26. The molecular formula is C12H17N. The van der Waals surface area contributed by atoms with Crippen LogP contribution < -0.4 is 0 Å². The highest BCUT2D eigenvalue weighted by molar-refractivity contribution is 5.10. The van der Waals surface area contributed by atoms with Gasteiger partial charge in [-0.05, 0) is 30.0 Å². The third-order valence-electron chi connectivity index (χ3n) is 3.00. The van der Waals surface area contributed by atoms with E-state index < -0.39 is 0 Å². The van der Waals surface area contributed by atoms with E-state index in [0.717, 1.165) is 5.92 Å². The van der Waals surface area contributed by atoms with Crippen LogP contribution in [-0.2, 0) is 6.42 Å². The fourth-order valence-corrected chi connectivity index (χ4v) is 2.24. The average Bonchev–Trinajstić information content (AvgIpc) is 2.21. The van der Waals surface area contributed by atoms with Crippen molar-refractivity contribution in [3.63, 3.8) is 0 Å². The third kappa shape index (κ3) is 2.55. The van der Waals surface area contributed by atoms with Crippen molar-refractivity contribution in [3.8, 4) is 0 Å². The first-order chi connectivity index (χ1) is 6.45. The predicted molar refractivity (Wildman–Crippen MR) is 54.5 cm³/mol. The van der Waals surface area contributed by atoms with E-state index in [9.17, 15) is 0 Å². The van der Waals surface area contributed by atoms with Gasteiger partial charge in [0, 0.05) is 12.4 Å². The summed E-state index contributed by atoms with van der Waals surface area (Å²) in [6.45, 7) is 0. The molecule has 0 N–H and O–H groups in total. The van der Waals surface area contributed by atoms with Crippen molar-refractivity contribution in [2.45, 2.75) is 38.5 Å². The van der Waals surface area contributed by atoms with Crippen LogP contribution in [0.4, 0.5) is 0 Å². The summed E-state index contributed by atoms with van der Waals surface area (Å²) in [6, 6.07) is 4.29. The van der Waals surface area contributed by atoms with Crippen molar-refractivity contribution in [1.82, 2.24) is 4.98 Å². The van der Waals surface area contributed by atoms with Gasteiger partial charge in [0.15, 0.2) is 0 Å². The minimum atomic E-state index is 0.941. The molecule has 1 saturated carbocycles. The Labute approximate surface area is 80.2 Å². The van der Waals surface area contributed by atoms with Crippen LogP contribution in [0.5, 0.6) is 0 Å². The van der Waals surface area contributed by atoms with Crippen LogP contribution in [0, 0.1) is 5.92 Å². The maximum Gasteiger partial charge on any atom is 0.0270 e. The van der Waals surface area contributed by atoms with Crippen LogP contribution in [0.2, 0.25) is 0 Å². The van der Waals surface area contributed by atoms with Crippen molar-refractivity contribution in [3.05, 3.63) is 30.1 Å². The van der Waals surface area contributed by atoms with Crippen molar-refractivity contribution in [1.29, 1.82) is 0 Å². The van der Waals surface area contributed by atoms with Gasteiger partial charge >= 0.3 is 0 Å². The summed E-state index contributed by atoms with van der Waals surface area (Å²) in [5, 5.41) is 0. The van der Waals surface area contributed by atoms with Gasteiger partial charge in [0.25, 0.3) is 0 Å². The maximum absolute atomic E-state index is 4.04. The van der Waals surface area contributed by atoms with Crippen molar-refractivity contribution < 1.29 is 0 Å². The predicted octanol–water partition coefficient (Wildman–Crippen LogP) is 3.20. The number of rotatable bonds is 2. The molecule has 0 aliphatic heterocycles. The van der Waals surface area contributed by atoms with Crippen molar-refractivity contribution in [2.24, 2.45) is 5.92 Å². The lowest BCUT2D eigenvalue weighted by Gasteiger charge is -2.21. The highest BCUT2D eigenvalue weighted by atomic mass is 14.6. The van der Waals surface area contributed by atoms with Gasteiger partial charge in [-0.3, -0.25) is 4.98 Å². The van der Waals surface area contributed by atoms with Crippen molar-refractivity contribution in [2.75, 3.05) is 0 Å². The Balaban J connectivity index is 1.90. The van der Waals surface area contributed by atoms with E-state index in [1.807, 2.05) is 12.4 Å². The standard InChI is InChI=1S/C12H17N/c1-2-4-11(5-3-1)10-12-6-8-13-9-7-12/h6-9,11H,1-5,10H2. The smallest absolute Gasteiger partial charge is 0.0270 e. The van der Waals surface area contributed by atoms with Crippen LogP contribution in [-0.4, -0.2) is 4.98 Å². The summed E-state index contributed by atoms with van der Waals surface area (Å²) in [5.41, 5.74) is 1.46. The van der Waals surface area contributed by atoms with Crippen LogP contribution in [0.3, 0.4) is 0 Å². The molecule has 1 aliphatic rings. The lowest BCUT2D eigenvalue weighted by molar-refractivity contribution is 0.356. The molecule has 0 atom stereocenters. The average molecular weight is 175 g/mol. The van der Waals surface area contributed by atoms with Gasteiger partial charge in [-0.2, -0.15) is 0 Å². The molecule has 0 unspecified atom stereocenters. The molecule has 1 heterocycles. The number of aromatic nitrogens is 1. The highest BCUT2D eigenvalue weighted by Gasteiger charge is 2.13. The Morgan fingerprint density at radius 2 is 1.77 bits per heavy atom. The van der Waals surface area contributed by atoms with Gasteiger partial charge in [-0.1, -0.05) is 32.1 Å². The first-order valence-electron chi connectivity index (χ1n) is 5.34. The van der Waals surface area contributed by atoms with E-state index in [0.29, 0.717) is 0 Å². The summed E-state index contributed by atoms with van der Waals surface area (Å²) in [4.78, 5) is 4.04. The number of hydrogen-bond acceptors (Lipinski definition) is 1. The van der Waals surface area contributed by atoms with Gasteiger partial charge < -0.3 is 0 Å². The molecule has 0 aromatic carbocycles. The fourth-order valence-electron chi connectivity index (χ4n) is 2.24. The summed E-state index contributed by atoms with van der Waals surface area (Å²) < 4.78 is 0. The zero-order chi connectivity index (χ0) is 8.93. The second-order valence-corrected chi connectivity index (χ2v) is 4.06. The number of hydrogen-bond donors (Lipinski definition) is 0. The molecule has 1 fully saturated rings. The fraction of sp³-hybridized carbons (Fsp3) is 0.583. The molecule has 1 aromatic heterocycles. The van der Waals surface area contributed by atoms with Gasteiger partial charge in [0.05, 0.1) is 0 Å². The van der Waals surface area contributed by atoms with E-state index in [1.54, 1.807) is 0 Å². The molecular weight excluding hydrogens is 158 g/mol. The zero-order valence-corrected chi connectivity index (χ0v) is 8.08. The SMILES string of the molecule is c1cc(CC2CCCCC2)ccn1. The number of nitrogens with zero attached hydrogens (tertiary/aromatic N) is 1. The Morgan fingerprint density at radius 1 is 1.08 bits per heavy atom. The maximum atomic E-state index is 4.04. The van der Waals surface area contributed by atoms with Crippen LogP contribution in [0.15, 0.2) is 24.5 Å². The van der Waals surface area contributed by atoms with E-state index in [4.69, 9.17) is 0 Å². The third-order valence-corrected chi connectivity index (χ3v) is 3.00. The van der Waals surface area contributed by atoms with Gasteiger partial charge in [-0.25, -0.2) is 0 Å². The molecule has 1 heteroatoms. The van der Waals surface area contributed by atoms with Crippen molar-refractivity contribution >= 4 is 0 Å². The van der Waals surface area contributed by atoms with Gasteiger partial charge in [0.2, 0.25) is 0 Å². The molecule has 0 radical (unpaired) electrons. The molecule has 0 spiro atoms. The summed E-state index contributed by atoms with van der Waals surface area (Å²) in [7, 11) is 0. The first kappa shape index (κ1) is 8.74. The monoisotopic (exact) mass is 175 g/mol. The summed E-state index contributed by atoms with van der Waals surface area (Å²) in [6.07, 6.45) is 12.3. The van der Waals surface area contributed by atoms with Crippen LogP contribution in [0.25, 0.3) is 0 Å². The van der Waals surface area contributed by atoms with E-state index in [-0.39, 0.29) is 0 Å². The topological polar surface area (TPSA) is 12.9 Å². The second-order valence-electron chi connectivity index (χ2n) is 4.06. The normalized spacial score (nSPS) is 18.8. The molecule has 2 rings (SSSR count). The quantitative estimate of drug-likeness (QED) is 0.672. The minimum absolute atomic E-state index is 0.941. The Bertz CT molecular complexity index is 237. The van der Waals surface area contributed by atoms with E-state index >= 15 is 0 Å². The van der Waals surface area contributed by atoms with Crippen LogP contribution >= 0.6 is 0 Å². The number of pyridine rings is 1. The molecule has 0 amide bonds. The minimum Gasteiger partial charge on any atom is -0.265 e. The van der Waals surface area contributed by atoms with Gasteiger partial charge in [0.1, 0.15) is 0 Å². The molecule has 0 saturated heterocycles. The van der Waals surface area contributed by atoms with Gasteiger partial charge in [-0.15, -0.1) is 0 Å². The molecule has 1 aliphatic carbocycles. The lowest BCUT2D eigenvalue weighted by Crippen LogP contribution is -2.09. The van der Waals surface area contributed by atoms with E-state index in [2.05, 4.69) is 17.1 Å². The molecule has 0 bridgehead atoms. The summed E-state index contributed by atoms with van der Waals surface area (Å²) >= 11 is 0. The van der Waals surface area contributed by atoms with Crippen LogP contribution in [0.1, 0.15) is 37.7 Å². The molecule has 13 heavy (non-hydrogen) atoms. The molecule has 70 valence electrons. The van der Waals surface area contributed by atoms with E-state index in [1.165, 1.54) is 44.1 Å². The zero-order valence-electron chi connectivity index (χ0n) is 8.08.